The van der Waals surface area contributed by atoms with Crippen molar-refractivity contribution in [2.45, 2.75) is 51.6 Å². The lowest BCUT2D eigenvalue weighted by atomic mass is 10.00. The summed E-state index contributed by atoms with van der Waals surface area (Å²) in [4.78, 5) is 39.1. The first-order chi connectivity index (χ1) is 19.5. The molecule has 0 saturated heterocycles. The van der Waals surface area contributed by atoms with E-state index in [2.05, 4.69) is 14.3 Å². The summed E-state index contributed by atoms with van der Waals surface area (Å²) in [6.45, 7) is 2.58. The second kappa shape index (κ2) is 11.4. The molecular formula is C27H33FN6O5S2. The molecule has 1 unspecified atom stereocenters. The zero-order valence-corrected chi connectivity index (χ0v) is 25.1. The second-order valence-corrected chi connectivity index (χ2v) is 13.2. The molecule has 5 heterocycles. The van der Waals surface area contributed by atoms with Crippen LogP contribution in [0.15, 0.2) is 18.2 Å². The van der Waals surface area contributed by atoms with Crippen LogP contribution in [0.4, 0.5) is 10.2 Å². The number of ether oxygens (including phenoxy) is 1. The fourth-order valence-electron chi connectivity index (χ4n) is 5.33. The lowest BCUT2D eigenvalue weighted by Gasteiger charge is -2.36. The number of fused-ring (bicyclic) bond motifs is 3. The highest BCUT2D eigenvalue weighted by Gasteiger charge is 2.40. The van der Waals surface area contributed by atoms with Crippen LogP contribution < -0.4 is 9.46 Å². The summed E-state index contributed by atoms with van der Waals surface area (Å²) < 4.78 is 49.1. The van der Waals surface area contributed by atoms with Crippen molar-refractivity contribution in [2.75, 3.05) is 38.2 Å². The summed E-state index contributed by atoms with van der Waals surface area (Å²) in [6, 6.07) is 3.55. The molecule has 0 spiro atoms. The predicted molar refractivity (Wildman–Crippen MR) is 152 cm³/mol. The van der Waals surface area contributed by atoms with E-state index in [0.717, 1.165) is 60.6 Å². The molecule has 0 bridgehead atoms. The van der Waals surface area contributed by atoms with Crippen LogP contribution in [0.1, 0.15) is 63.3 Å². The smallest absolute Gasteiger partial charge is 0.263 e. The average Bonchev–Trinajstić information content (AvgIpc) is 3.50. The largest absolute Gasteiger partial charge is 0.482 e. The van der Waals surface area contributed by atoms with Gasteiger partial charge in [-0.2, -0.15) is 0 Å². The molecule has 3 aromatic rings. The van der Waals surface area contributed by atoms with Crippen molar-refractivity contribution in [2.24, 2.45) is 0 Å². The van der Waals surface area contributed by atoms with Gasteiger partial charge in [-0.05, 0) is 37.5 Å². The Morgan fingerprint density at radius 3 is 2.68 bits per heavy atom. The van der Waals surface area contributed by atoms with Gasteiger partial charge in [-0.1, -0.05) is 6.92 Å². The number of aromatic nitrogens is 3. The molecule has 1 atom stereocenters. The van der Waals surface area contributed by atoms with Crippen molar-refractivity contribution >= 4 is 39.0 Å². The van der Waals surface area contributed by atoms with Crippen molar-refractivity contribution < 1.29 is 27.1 Å². The lowest BCUT2D eigenvalue weighted by molar-refractivity contribution is -0.135. The number of hydrogen-bond acceptors (Lipinski definition) is 8. The van der Waals surface area contributed by atoms with Crippen LogP contribution in [0.5, 0.6) is 5.75 Å². The van der Waals surface area contributed by atoms with E-state index in [1.807, 2.05) is 6.92 Å². The molecule has 11 nitrogen and oxygen atoms in total. The van der Waals surface area contributed by atoms with Crippen molar-refractivity contribution in [1.82, 2.24) is 24.3 Å². The number of anilines is 1. The predicted octanol–water partition coefficient (Wildman–Crippen LogP) is 3.00. The standard InChI is InChI=1S/C27H33FN6O5S2/c1-5-17-19(9-10-21(29-17)31-41(4,37)38)39-15-23(35)34-13-11-18-24(33-12-7-6-8-22(33)30-18)25(34)26-16(28)14-20(40-26)27(36)32(2)3/h9-10,14,25H,5-8,11-13,15H2,1-4H3,(H,29,31). The number of amides is 2. The van der Waals surface area contributed by atoms with E-state index in [1.165, 1.54) is 17.0 Å². The Morgan fingerprint density at radius 1 is 1.20 bits per heavy atom. The normalized spacial score (nSPS) is 16.6. The molecule has 0 aliphatic carbocycles. The quantitative estimate of drug-likeness (QED) is 0.419. The van der Waals surface area contributed by atoms with E-state index in [1.54, 1.807) is 25.1 Å². The van der Waals surface area contributed by atoms with Crippen LogP contribution in [-0.2, 0) is 40.6 Å². The van der Waals surface area contributed by atoms with Crippen LogP contribution in [-0.4, -0.2) is 78.1 Å². The molecule has 2 aliphatic heterocycles. The van der Waals surface area contributed by atoms with E-state index in [-0.39, 0.29) is 29.1 Å². The highest BCUT2D eigenvalue weighted by atomic mass is 32.2. The number of rotatable bonds is 8. The summed E-state index contributed by atoms with van der Waals surface area (Å²) in [6.07, 6.45) is 4.83. The molecule has 0 radical (unpaired) electrons. The van der Waals surface area contributed by atoms with Crippen molar-refractivity contribution in [3.63, 3.8) is 0 Å². The van der Waals surface area contributed by atoms with Gasteiger partial charge in [0.25, 0.3) is 11.8 Å². The van der Waals surface area contributed by atoms with Crippen LogP contribution in [0.25, 0.3) is 0 Å². The third-order valence-corrected chi connectivity index (χ3v) is 8.89. The number of pyridine rings is 1. The van der Waals surface area contributed by atoms with E-state index in [9.17, 15) is 18.0 Å². The number of carbonyl (C=O) groups excluding carboxylic acids is 2. The summed E-state index contributed by atoms with van der Waals surface area (Å²) >= 11 is 1.06. The molecule has 1 N–H and O–H groups in total. The summed E-state index contributed by atoms with van der Waals surface area (Å²) in [5.74, 6) is 0.279. The molecule has 5 rings (SSSR count). The van der Waals surface area contributed by atoms with Crippen LogP contribution in [0, 0.1) is 5.82 Å². The van der Waals surface area contributed by atoms with Crippen LogP contribution in [0.3, 0.4) is 0 Å². The maximum Gasteiger partial charge on any atom is 0.263 e. The fourth-order valence-corrected chi connectivity index (χ4v) is 7.00. The van der Waals surface area contributed by atoms with Crippen LogP contribution in [0.2, 0.25) is 0 Å². The van der Waals surface area contributed by atoms with E-state index < -0.39 is 21.9 Å². The molecule has 0 saturated carbocycles. The zero-order valence-electron chi connectivity index (χ0n) is 23.4. The van der Waals surface area contributed by atoms with Crippen molar-refractivity contribution in [1.29, 1.82) is 0 Å². The monoisotopic (exact) mass is 604 g/mol. The molecule has 41 heavy (non-hydrogen) atoms. The molecule has 2 aliphatic rings. The summed E-state index contributed by atoms with van der Waals surface area (Å²) in [5, 5.41) is 0. The van der Waals surface area contributed by atoms with Gasteiger partial charge in [0.2, 0.25) is 10.0 Å². The number of halogens is 1. The number of hydrogen-bond donors (Lipinski definition) is 1. The maximum absolute atomic E-state index is 15.6. The molecule has 0 aromatic carbocycles. The average molecular weight is 605 g/mol. The van der Waals surface area contributed by atoms with Gasteiger partial charge < -0.3 is 19.1 Å². The highest BCUT2D eigenvalue weighted by Crippen LogP contribution is 2.41. The Hall–Kier alpha value is -3.52. The van der Waals surface area contributed by atoms with Gasteiger partial charge in [0.15, 0.2) is 6.61 Å². The molecular weight excluding hydrogens is 571 g/mol. The topological polar surface area (TPSA) is 127 Å². The van der Waals surface area contributed by atoms with Crippen molar-refractivity contribution in [3.8, 4) is 5.75 Å². The highest BCUT2D eigenvalue weighted by molar-refractivity contribution is 7.92. The van der Waals surface area contributed by atoms with Gasteiger partial charge in [0.05, 0.1) is 33.1 Å². The Labute approximate surface area is 242 Å². The SMILES string of the molecule is CCc1nc(NS(C)(=O)=O)ccc1OCC(=O)N1CCc2nc3n(c2C1c1sc(C(=O)N(C)C)cc1F)CCCC3. The molecule has 220 valence electrons. The number of sulfonamides is 1. The summed E-state index contributed by atoms with van der Waals surface area (Å²) in [7, 11) is -0.275. The number of nitrogens with one attached hydrogen (secondary N) is 1. The first-order valence-corrected chi connectivity index (χ1v) is 16.2. The van der Waals surface area contributed by atoms with E-state index in [4.69, 9.17) is 9.72 Å². The zero-order chi connectivity index (χ0) is 29.5. The number of imidazole rings is 1. The maximum atomic E-state index is 15.6. The number of carbonyl (C=O) groups is 2. The fraction of sp³-hybridized carbons (Fsp3) is 0.481. The van der Waals surface area contributed by atoms with Crippen LogP contribution >= 0.6 is 11.3 Å². The van der Waals surface area contributed by atoms with Gasteiger partial charge in [0, 0.05) is 40.0 Å². The summed E-state index contributed by atoms with van der Waals surface area (Å²) in [5.41, 5.74) is 2.15. The molecule has 14 heteroatoms. The van der Waals surface area contributed by atoms with E-state index in [0.29, 0.717) is 35.7 Å². The lowest BCUT2D eigenvalue weighted by Crippen LogP contribution is -2.43. The molecule has 2 amide bonds. The van der Waals surface area contributed by atoms with Gasteiger partial charge in [-0.15, -0.1) is 11.3 Å². The second-order valence-electron chi connectivity index (χ2n) is 10.4. The molecule has 0 fully saturated rings. The van der Waals surface area contributed by atoms with Crippen molar-refractivity contribution in [3.05, 3.63) is 56.7 Å². The minimum Gasteiger partial charge on any atom is -0.482 e. The number of nitrogens with zero attached hydrogens (tertiary/aromatic N) is 5. The van der Waals surface area contributed by atoms with Gasteiger partial charge in [-0.3, -0.25) is 14.3 Å². The Balaban J connectivity index is 1.46. The number of aryl methyl sites for hydroxylation is 2. The first kappa shape index (κ1) is 29.0. The Kier molecular flexibility index (Phi) is 8.06. The minimum atomic E-state index is -3.50. The van der Waals surface area contributed by atoms with Gasteiger partial charge >= 0.3 is 0 Å². The third kappa shape index (κ3) is 5.94. The Bertz CT molecular complexity index is 1600. The van der Waals surface area contributed by atoms with Gasteiger partial charge in [0.1, 0.15) is 29.3 Å². The van der Waals surface area contributed by atoms with E-state index >= 15 is 4.39 Å². The van der Waals surface area contributed by atoms with Gasteiger partial charge in [-0.25, -0.2) is 22.8 Å². The Morgan fingerprint density at radius 2 is 1.98 bits per heavy atom. The first-order valence-electron chi connectivity index (χ1n) is 13.5. The molecule has 3 aromatic heterocycles. The third-order valence-electron chi connectivity index (χ3n) is 7.16. The minimum absolute atomic E-state index is 0.161. The number of thiophene rings is 1.